The molecule has 1 aromatic carbocycles. The first-order valence-corrected chi connectivity index (χ1v) is 7.60. The molecule has 0 atom stereocenters. The van der Waals surface area contributed by atoms with Crippen LogP contribution in [0, 0.1) is 18.3 Å². The van der Waals surface area contributed by atoms with Crippen LogP contribution in [-0.4, -0.2) is 11.6 Å². The summed E-state index contributed by atoms with van der Waals surface area (Å²) >= 11 is 0. The largest absolute Gasteiger partial charge is 0.456 e. The summed E-state index contributed by atoms with van der Waals surface area (Å²) in [5, 5.41) is 8.38. The van der Waals surface area contributed by atoms with E-state index in [1.54, 1.807) is 6.08 Å². The van der Waals surface area contributed by atoms with Crippen LogP contribution in [-0.2, 0) is 9.53 Å². The van der Waals surface area contributed by atoms with Gasteiger partial charge >= 0.3 is 5.97 Å². The maximum atomic E-state index is 11.1. The van der Waals surface area contributed by atoms with Crippen LogP contribution in [0.5, 0.6) is 0 Å². The third-order valence-electron chi connectivity index (χ3n) is 3.19. The molecule has 0 unspecified atom stereocenters. The highest BCUT2D eigenvalue weighted by Gasteiger charge is 2.30. The number of rotatable bonds is 0. The number of hydrogen-bond donors (Lipinski definition) is 0. The zero-order valence-corrected chi connectivity index (χ0v) is 15.1. The van der Waals surface area contributed by atoms with E-state index in [0.29, 0.717) is 0 Å². The Labute approximate surface area is 140 Å². The number of carbonyl (C=O) groups is 1. The van der Waals surface area contributed by atoms with E-state index in [4.69, 9.17) is 10.00 Å². The Balaban J connectivity index is 0.000000365. The number of nitriles is 1. The average molecular weight is 313 g/mol. The molecule has 1 aliphatic heterocycles. The lowest BCUT2D eigenvalue weighted by Gasteiger charge is -2.30. The molecule has 1 heterocycles. The second-order valence-corrected chi connectivity index (χ2v) is 6.12. The van der Waals surface area contributed by atoms with Gasteiger partial charge in [0.2, 0.25) is 0 Å². The van der Waals surface area contributed by atoms with Crippen molar-refractivity contribution in [3.05, 3.63) is 59.2 Å². The van der Waals surface area contributed by atoms with E-state index in [9.17, 15) is 4.79 Å². The Hall–Kier alpha value is -2.34. The van der Waals surface area contributed by atoms with Crippen molar-refractivity contribution in [3.63, 3.8) is 0 Å². The first-order chi connectivity index (χ1) is 10.7. The lowest BCUT2D eigenvalue weighted by Crippen LogP contribution is -2.33. The highest BCUT2D eigenvalue weighted by atomic mass is 16.6. The van der Waals surface area contributed by atoms with Crippen LogP contribution in [0.25, 0.3) is 0 Å². The van der Waals surface area contributed by atoms with Gasteiger partial charge in [-0.1, -0.05) is 29.3 Å². The van der Waals surface area contributed by atoms with Gasteiger partial charge in [0, 0.05) is 12.0 Å². The number of esters is 1. The number of nitrogens with zero attached hydrogens (tertiary/aromatic N) is 1. The van der Waals surface area contributed by atoms with E-state index >= 15 is 0 Å². The summed E-state index contributed by atoms with van der Waals surface area (Å²) < 4.78 is 5.16. The summed E-state index contributed by atoms with van der Waals surface area (Å²) in [5.74, 6) is -0.168. The lowest BCUT2D eigenvalue weighted by molar-refractivity contribution is -0.153. The number of ether oxygens (including phenoxy) is 1. The van der Waals surface area contributed by atoms with Crippen LogP contribution in [0.3, 0.4) is 0 Å². The molecular formula is C20H27NO2. The fourth-order valence-corrected chi connectivity index (χ4v) is 1.94. The van der Waals surface area contributed by atoms with Crippen LogP contribution in [0.4, 0.5) is 0 Å². The van der Waals surface area contributed by atoms with E-state index in [0.717, 1.165) is 23.1 Å². The molecule has 23 heavy (non-hydrogen) atoms. The number of hydrogen-bond acceptors (Lipinski definition) is 3. The van der Waals surface area contributed by atoms with Crippen molar-refractivity contribution in [1.29, 1.82) is 5.26 Å². The van der Waals surface area contributed by atoms with E-state index < -0.39 is 0 Å². The molecule has 3 heteroatoms. The molecule has 2 rings (SSSR count). The molecule has 0 spiro atoms. The molecule has 3 nitrogen and oxygen atoms in total. The number of benzene rings is 1. The molecule has 0 saturated carbocycles. The Morgan fingerprint density at radius 2 is 1.70 bits per heavy atom. The zero-order valence-electron chi connectivity index (χ0n) is 15.1. The number of allylic oxidation sites excluding steroid dienone is 1. The molecule has 0 aliphatic carbocycles. The summed E-state index contributed by atoms with van der Waals surface area (Å²) in [7, 11) is 0. The summed E-state index contributed by atoms with van der Waals surface area (Å²) in [6.45, 7) is 14.9. The smallest absolute Gasteiger partial charge is 0.334 e. The van der Waals surface area contributed by atoms with Crippen LogP contribution in [0.1, 0.15) is 52.2 Å². The first-order valence-electron chi connectivity index (χ1n) is 7.60. The summed E-state index contributed by atoms with van der Waals surface area (Å²) in [6, 6.07) is 9.54. The topological polar surface area (TPSA) is 50.1 Å². The summed E-state index contributed by atoms with van der Waals surface area (Å²) in [6.07, 6.45) is 2.60. The fraction of sp³-hybridized carbons (Fsp3) is 0.400. The predicted molar refractivity (Wildman–Crippen MR) is 94.9 cm³/mol. The quantitative estimate of drug-likeness (QED) is 0.494. The molecule has 0 amide bonds. The highest BCUT2D eigenvalue weighted by Crippen LogP contribution is 2.28. The van der Waals surface area contributed by atoms with Crippen molar-refractivity contribution in [2.24, 2.45) is 0 Å². The van der Waals surface area contributed by atoms with Crippen LogP contribution < -0.4 is 0 Å². The normalized spacial score (nSPS) is 15.1. The third-order valence-corrected chi connectivity index (χ3v) is 3.19. The summed E-state index contributed by atoms with van der Waals surface area (Å²) in [5.41, 5.74) is 3.52. The minimum atomic E-state index is -0.305. The second-order valence-electron chi connectivity index (χ2n) is 6.12. The number of aryl methyl sites for hydroxylation is 1. The minimum Gasteiger partial charge on any atom is -0.456 e. The Morgan fingerprint density at radius 3 is 2.09 bits per heavy atom. The maximum Gasteiger partial charge on any atom is 0.334 e. The van der Waals surface area contributed by atoms with Crippen molar-refractivity contribution < 1.29 is 9.53 Å². The Kier molecular flexibility index (Phi) is 8.65. The van der Waals surface area contributed by atoms with Gasteiger partial charge in [0.25, 0.3) is 0 Å². The SMILES string of the molecule is C=CC.CC1=C(C)C(=O)OC(C)(C)C1.Cc1ccc(C#N)cc1. The van der Waals surface area contributed by atoms with E-state index in [1.165, 1.54) is 5.56 Å². The third kappa shape index (κ3) is 8.01. The lowest BCUT2D eigenvalue weighted by atomic mass is 9.93. The molecule has 1 aliphatic rings. The predicted octanol–water partition coefficient (Wildman–Crippen LogP) is 5.11. The molecule has 0 saturated heterocycles. The zero-order chi connectivity index (χ0) is 18.0. The molecule has 124 valence electrons. The van der Waals surface area contributed by atoms with Crippen LogP contribution in [0.2, 0.25) is 0 Å². The Morgan fingerprint density at radius 1 is 1.22 bits per heavy atom. The van der Waals surface area contributed by atoms with Crippen LogP contribution in [0.15, 0.2) is 48.1 Å². The Bertz CT molecular complexity index is 602. The monoisotopic (exact) mass is 313 g/mol. The molecule has 0 radical (unpaired) electrons. The number of cyclic esters (lactones) is 1. The average Bonchev–Trinajstić information content (AvgIpc) is 2.46. The van der Waals surface area contributed by atoms with E-state index in [2.05, 4.69) is 12.6 Å². The molecule has 1 aromatic rings. The van der Waals surface area contributed by atoms with Crippen molar-refractivity contribution in [3.8, 4) is 6.07 Å². The van der Waals surface area contributed by atoms with E-state index in [-0.39, 0.29) is 11.6 Å². The van der Waals surface area contributed by atoms with Gasteiger partial charge < -0.3 is 4.74 Å². The molecule has 0 N–H and O–H groups in total. The van der Waals surface area contributed by atoms with Crippen molar-refractivity contribution in [2.45, 2.75) is 53.6 Å². The summed E-state index contributed by atoms with van der Waals surface area (Å²) in [4.78, 5) is 11.1. The van der Waals surface area contributed by atoms with Gasteiger partial charge in [-0.25, -0.2) is 4.79 Å². The van der Waals surface area contributed by atoms with Gasteiger partial charge in [-0.05, 0) is 53.7 Å². The van der Waals surface area contributed by atoms with Crippen molar-refractivity contribution >= 4 is 5.97 Å². The fourth-order valence-electron chi connectivity index (χ4n) is 1.94. The second kappa shape index (κ2) is 9.63. The standard InChI is InChI=1S/C9H14O2.C8H7N.C3H6/c1-6-5-9(3,4)11-8(10)7(6)2;1-7-2-4-8(6-9)5-3-7;1-3-2/h5H2,1-4H3;2-5H,1H3;3H,1H2,2H3. The number of carbonyl (C=O) groups excluding carboxylic acids is 1. The van der Waals surface area contributed by atoms with Gasteiger partial charge in [0.15, 0.2) is 0 Å². The maximum absolute atomic E-state index is 11.1. The van der Waals surface area contributed by atoms with Gasteiger partial charge in [-0.2, -0.15) is 5.26 Å². The van der Waals surface area contributed by atoms with Crippen molar-refractivity contribution in [2.75, 3.05) is 0 Å². The van der Waals surface area contributed by atoms with Crippen molar-refractivity contribution in [1.82, 2.24) is 0 Å². The minimum absolute atomic E-state index is 0.168. The van der Waals surface area contributed by atoms with Gasteiger partial charge in [0.1, 0.15) is 5.60 Å². The van der Waals surface area contributed by atoms with E-state index in [1.807, 2.05) is 65.8 Å². The molecule has 0 aromatic heterocycles. The highest BCUT2D eigenvalue weighted by molar-refractivity contribution is 5.89. The van der Waals surface area contributed by atoms with Gasteiger partial charge in [-0.15, -0.1) is 6.58 Å². The molecule has 0 bridgehead atoms. The van der Waals surface area contributed by atoms with Gasteiger partial charge in [-0.3, -0.25) is 0 Å². The van der Waals surface area contributed by atoms with Gasteiger partial charge in [0.05, 0.1) is 11.6 Å². The first kappa shape index (κ1) is 20.7. The van der Waals surface area contributed by atoms with Crippen LogP contribution >= 0.6 is 0 Å². The molecule has 0 fully saturated rings. The molecular weight excluding hydrogens is 286 g/mol.